The molecule has 3 aliphatic rings. The Morgan fingerprint density at radius 2 is 1.97 bits per heavy atom. The summed E-state index contributed by atoms with van der Waals surface area (Å²) >= 11 is 1.39. The topological polar surface area (TPSA) is 46.5 Å². The van der Waals surface area contributed by atoms with Gasteiger partial charge in [-0.25, -0.2) is 8.78 Å². The summed E-state index contributed by atoms with van der Waals surface area (Å²) < 4.78 is 58.6. The predicted molar refractivity (Wildman–Crippen MR) is 143 cm³/mol. The van der Waals surface area contributed by atoms with Crippen LogP contribution in [0.15, 0.2) is 29.7 Å². The van der Waals surface area contributed by atoms with E-state index in [2.05, 4.69) is 19.6 Å². The Hall–Kier alpha value is -1.54. The van der Waals surface area contributed by atoms with E-state index in [1.54, 1.807) is 0 Å². The first kappa shape index (κ1) is 29.4. The van der Waals surface area contributed by atoms with Gasteiger partial charge in [0, 0.05) is 20.3 Å². The van der Waals surface area contributed by atoms with Gasteiger partial charge in [0.25, 0.3) is 0 Å². The number of rotatable bonds is 10. The molecule has 0 aliphatic heterocycles. The molecule has 1 aromatic rings. The molecule has 0 radical (unpaired) electrons. The highest BCUT2D eigenvalue weighted by atomic mass is 32.2. The lowest BCUT2D eigenvalue weighted by Crippen LogP contribution is -2.47. The van der Waals surface area contributed by atoms with E-state index in [-0.39, 0.29) is 30.8 Å². The van der Waals surface area contributed by atoms with Crippen molar-refractivity contribution < 1.29 is 32.2 Å². The number of alkyl halides is 4. The molecule has 3 aliphatic carbocycles. The molecule has 38 heavy (non-hydrogen) atoms. The van der Waals surface area contributed by atoms with Gasteiger partial charge in [-0.15, -0.1) is 11.8 Å². The number of thioether (sulfide) groups is 1. The first-order valence-electron chi connectivity index (χ1n) is 13.8. The molecule has 1 aromatic carbocycles. The SMILES string of the molecule is C=C(CCC1Cc2cc(OC(C)=O)ccc2C2CCC3(C)C(O)CCC3C12)SCCCC(F)(F)C(C)(F)F. The number of aliphatic hydroxyl groups excluding tert-OH is 1. The van der Waals surface area contributed by atoms with E-state index in [9.17, 15) is 27.5 Å². The number of carbonyl (C=O) groups excluding carboxylic acids is 1. The third-order valence-corrected chi connectivity index (χ3v) is 10.6. The van der Waals surface area contributed by atoms with Crippen LogP contribution in [-0.4, -0.2) is 34.8 Å². The van der Waals surface area contributed by atoms with Gasteiger partial charge in [-0.05, 0) is 114 Å². The lowest BCUT2D eigenvalue weighted by molar-refractivity contribution is -0.200. The van der Waals surface area contributed by atoms with Crippen molar-refractivity contribution in [2.24, 2.45) is 23.2 Å². The molecule has 4 rings (SSSR count). The van der Waals surface area contributed by atoms with Crippen LogP contribution in [0.3, 0.4) is 0 Å². The zero-order valence-corrected chi connectivity index (χ0v) is 23.4. The summed E-state index contributed by atoms with van der Waals surface area (Å²) in [4.78, 5) is 12.4. The van der Waals surface area contributed by atoms with Gasteiger partial charge in [0.05, 0.1) is 6.10 Å². The maximum atomic E-state index is 13.6. The normalized spacial score (nSPS) is 30.8. The molecular formula is C30H40F4O3S. The zero-order chi connectivity index (χ0) is 27.9. The maximum absolute atomic E-state index is 13.6. The molecule has 0 saturated heterocycles. The van der Waals surface area contributed by atoms with Crippen LogP contribution in [-0.2, 0) is 11.2 Å². The monoisotopic (exact) mass is 556 g/mol. The molecule has 0 heterocycles. The summed E-state index contributed by atoms with van der Waals surface area (Å²) in [5.41, 5.74) is 2.46. The number of esters is 1. The van der Waals surface area contributed by atoms with Gasteiger partial charge in [-0.2, -0.15) is 8.78 Å². The van der Waals surface area contributed by atoms with Gasteiger partial charge in [0.15, 0.2) is 0 Å². The summed E-state index contributed by atoms with van der Waals surface area (Å²) in [6.45, 7) is 8.04. The van der Waals surface area contributed by atoms with Crippen LogP contribution in [0.1, 0.15) is 89.2 Å². The minimum Gasteiger partial charge on any atom is -0.427 e. The lowest BCUT2D eigenvalue weighted by atomic mass is 9.52. The largest absolute Gasteiger partial charge is 0.427 e. The Bertz CT molecular complexity index is 1040. The molecule has 0 bridgehead atoms. The molecule has 0 amide bonds. The second-order valence-corrected chi connectivity index (χ2v) is 13.2. The number of carbonyl (C=O) groups is 1. The minimum absolute atomic E-state index is 0.00113. The second kappa shape index (κ2) is 11.1. The van der Waals surface area contributed by atoms with E-state index < -0.39 is 18.3 Å². The fraction of sp³-hybridized carbons (Fsp3) is 0.700. The van der Waals surface area contributed by atoms with Gasteiger partial charge in [0.2, 0.25) is 0 Å². The van der Waals surface area contributed by atoms with Gasteiger partial charge >= 0.3 is 17.8 Å². The summed E-state index contributed by atoms with van der Waals surface area (Å²) in [5, 5.41) is 10.9. The highest BCUT2D eigenvalue weighted by Gasteiger charge is 2.56. The van der Waals surface area contributed by atoms with Crippen molar-refractivity contribution >= 4 is 17.7 Å². The van der Waals surface area contributed by atoms with Crippen molar-refractivity contribution in [3.8, 4) is 5.75 Å². The number of ether oxygens (including phenoxy) is 1. The van der Waals surface area contributed by atoms with Crippen molar-refractivity contribution in [1.82, 2.24) is 0 Å². The molecule has 6 atom stereocenters. The number of aliphatic hydroxyl groups is 1. The van der Waals surface area contributed by atoms with Gasteiger partial charge in [0.1, 0.15) is 5.75 Å². The van der Waals surface area contributed by atoms with Crippen LogP contribution < -0.4 is 4.74 Å². The Kier molecular flexibility index (Phi) is 8.64. The van der Waals surface area contributed by atoms with Gasteiger partial charge < -0.3 is 9.84 Å². The Balaban J connectivity index is 1.44. The standard InChI is InChI=1S/C30H40F4O3S/c1-18(38-15-5-13-30(33,34)29(4,31)32)6-7-20-16-21-17-22(37-19(2)35)8-9-23(21)24-12-14-28(3)25(27(20)24)10-11-26(28)36/h8-9,17,20,24-27,36H,1,5-7,10-16H2,2-4H3. The Labute approximate surface area is 227 Å². The van der Waals surface area contributed by atoms with Crippen LogP contribution in [0, 0.1) is 23.2 Å². The maximum Gasteiger partial charge on any atom is 0.309 e. The fourth-order valence-corrected chi connectivity index (χ4v) is 8.24. The molecular weight excluding hydrogens is 516 g/mol. The second-order valence-electron chi connectivity index (χ2n) is 12.0. The van der Waals surface area contributed by atoms with E-state index in [1.807, 2.05) is 12.1 Å². The Morgan fingerprint density at radius 3 is 2.66 bits per heavy atom. The number of fused-ring (bicyclic) bond motifs is 5. The van der Waals surface area contributed by atoms with Gasteiger partial charge in [-0.3, -0.25) is 4.79 Å². The molecule has 2 fully saturated rings. The third-order valence-electron chi connectivity index (χ3n) is 9.46. The molecule has 8 heteroatoms. The summed E-state index contributed by atoms with van der Waals surface area (Å²) in [5.74, 6) is -5.86. The molecule has 0 aromatic heterocycles. The molecule has 0 spiro atoms. The van der Waals surface area contributed by atoms with Crippen molar-refractivity contribution in [1.29, 1.82) is 0 Å². The molecule has 1 N–H and O–H groups in total. The van der Waals surface area contributed by atoms with Crippen LogP contribution in [0.5, 0.6) is 5.75 Å². The zero-order valence-electron chi connectivity index (χ0n) is 22.6. The number of halogens is 4. The quantitative estimate of drug-likeness (QED) is 0.137. The number of hydrogen-bond acceptors (Lipinski definition) is 4. The smallest absolute Gasteiger partial charge is 0.309 e. The Morgan fingerprint density at radius 1 is 1.24 bits per heavy atom. The van der Waals surface area contributed by atoms with Crippen molar-refractivity contribution in [3.63, 3.8) is 0 Å². The molecule has 3 nitrogen and oxygen atoms in total. The van der Waals surface area contributed by atoms with Crippen LogP contribution >= 0.6 is 11.8 Å². The van der Waals surface area contributed by atoms with Crippen LogP contribution in [0.2, 0.25) is 0 Å². The van der Waals surface area contributed by atoms with Crippen molar-refractivity contribution in [3.05, 3.63) is 40.8 Å². The number of benzene rings is 1. The number of hydrogen-bond donors (Lipinski definition) is 1. The van der Waals surface area contributed by atoms with Gasteiger partial charge in [-0.1, -0.05) is 19.6 Å². The first-order chi connectivity index (χ1) is 17.7. The average Bonchev–Trinajstić information content (AvgIpc) is 3.13. The lowest BCUT2D eigenvalue weighted by Gasteiger charge is -2.53. The first-order valence-corrected chi connectivity index (χ1v) is 14.8. The van der Waals surface area contributed by atoms with E-state index in [0.717, 1.165) is 49.9 Å². The predicted octanol–water partition coefficient (Wildman–Crippen LogP) is 8.15. The summed E-state index contributed by atoms with van der Waals surface area (Å²) in [7, 11) is 0. The highest BCUT2D eigenvalue weighted by molar-refractivity contribution is 8.03. The summed E-state index contributed by atoms with van der Waals surface area (Å²) in [6.07, 6.45) is 5.19. The van der Waals surface area contributed by atoms with Crippen LogP contribution in [0.4, 0.5) is 17.6 Å². The average molecular weight is 557 g/mol. The highest BCUT2D eigenvalue weighted by Crippen LogP contribution is 2.63. The van der Waals surface area contributed by atoms with E-state index in [0.29, 0.717) is 35.2 Å². The van der Waals surface area contributed by atoms with E-state index in [1.165, 1.54) is 29.8 Å². The minimum atomic E-state index is -4.01. The molecule has 2 saturated carbocycles. The molecule has 6 unspecified atom stereocenters. The molecule has 212 valence electrons. The number of allylic oxidation sites excluding steroid dienone is 1. The summed E-state index contributed by atoms with van der Waals surface area (Å²) in [6, 6.07) is 5.98. The van der Waals surface area contributed by atoms with Crippen LogP contribution in [0.25, 0.3) is 0 Å². The van der Waals surface area contributed by atoms with E-state index in [4.69, 9.17) is 4.74 Å². The van der Waals surface area contributed by atoms with E-state index >= 15 is 0 Å². The fourth-order valence-electron chi connectivity index (χ4n) is 7.40. The van der Waals surface area contributed by atoms with Crippen molar-refractivity contribution in [2.45, 2.75) is 102 Å². The van der Waals surface area contributed by atoms with Crippen molar-refractivity contribution in [2.75, 3.05) is 5.75 Å². The third kappa shape index (κ3) is 5.96.